The molecule has 0 aromatic carbocycles. The fourth-order valence-corrected chi connectivity index (χ4v) is 1.52. The maximum Gasteiger partial charge on any atom is 0.309 e. The molecular weight excluding hydrogens is 178 g/mol. The Hall–Kier alpha value is -1.25. The lowest BCUT2D eigenvalue weighted by atomic mass is 10.2. The van der Waals surface area contributed by atoms with Crippen molar-refractivity contribution < 1.29 is 9.90 Å². The van der Waals surface area contributed by atoms with Gasteiger partial charge < -0.3 is 9.67 Å². The van der Waals surface area contributed by atoms with Gasteiger partial charge in [0, 0.05) is 18.4 Å². The first-order valence-electron chi connectivity index (χ1n) is 5.10. The topological polar surface area (TPSA) is 42.2 Å². The van der Waals surface area contributed by atoms with Gasteiger partial charge in [0.1, 0.15) is 0 Å². The predicted octanol–water partition coefficient (Wildman–Crippen LogP) is 2.31. The van der Waals surface area contributed by atoms with Crippen molar-refractivity contribution in [2.75, 3.05) is 0 Å². The van der Waals surface area contributed by atoms with Crippen molar-refractivity contribution in [2.45, 2.75) is 39.2 Å². The third-order valence-corrected chi connectivity index (χ3v) is 2.26. The first-order chi connectivity index (χ1) is 6.74. The van der Waals surface area contributed by atoms with E-state index in [0.29, 0.717) is 0 Å². The summed E-state index contributed by atoms with van der Waals surface area (Å²) in [6.07, 6.45) is 5.59. The number of rotatable bonds is 6. The molecule has 1 aromatic heterocycles. The van der Waals surface area contributed by atoms with Gasteiger partial charge in [0.2, 0.25) is 0 Å². The highest BCUT2D eigenvalue weighted by Gasteiger charge is 2.04. The number of aryl methyl sites for hydroxylation is 1. The molecule has 0 aliphatic heterocycles. The highest BCUT2D eigenvalue weighted by atomic mass is 16.4. The highest BCUT2D eigenvalue weighted by molar-refractivity contribution is 5.69. The molecular formula is C11H17NO2. The van der Waals surface area contributed by atoms with Gasteiger partial charge in [-0.05, 0) is 18.6 Å². The molecule has 0 fully saturated rings. The summed E-state index contributed by atoms with van der Waals surface area (Å²) < 4.78 is 2.03. The summed E-state index contributed by atoms with van der Waals surface area (Å²) in [5.41, 5.74) is 0.897. The maximum absolute atomic E-state index is 10.5. The molecule has 3 nitrogen and oxygen atoms in total. The van der Waals surface area contributed by atoms with Gasteiger partial charge in [0.05, 0.1) is 6.42 Å². The molecule has 0 saturated heterocycles. The van der Waals surface area contributed by atoms with Crippen LogP contribution in [0, 0.1) is 0 Å². The van der Waals surface area contributed by atoms with E-state index in [0.717, 1.165) is 18.7 Å². The van der Waals surface area contributed by atoms with Crippen molar-refractivity contribution in [3.63, 3.8) is 0 Å². The molecule has 0 atom stereocenters. The van der Waals surface area contributed by atoms with Crippen LogP contribution < -0.4 is 0 Å². The van der Waals surface area contributed by atoms with Gasteiger partial charge >= 0.3 is 5.97 Å². The maximum atomic E-state index is 10.5. The van der Waals surface area contributed by atoms with Crippen LogP contribution in [0.4, 0.5) is 0 Å². The fraction of sp³-hybridized carbons (Fsp3) is 0.545. The minimum absolute atomic E-state index is 0.124. The van der Waals surface area contributed by atoms with Crippen molar-refractivity contribution >= 4 is 5.97 Å². The number of hydrogen-bond acceptors (Lipinski definition) is 1. The molecule has 0 unspecified atom stereocenters. The molecule has 78 valence electrons. The Morgan fingerprint density at radius 2 is 2.29 bits per heavy atom. The van der Waals surface area contributed by atoms with Gasteiger partial charge in [-0.15, -0.1) is 0 Å². The van der Waals surface area contributed by atoms with E-state index >= 15 is 0 Å². The average molecular weight is 195 g/mol. The van der Waals surface area contributed by atoms with Crippen LogP contribution in [0.2, 0.25) is 0 Å². The van der Waals surface area contributed by atoms with Crippen LogP contribution in [0.15, 0.2) is 18.3 Å². The Morgan fingerprint density at radius 3 is 2.93 bits per heavy atom. The van der Waals surface area contributed by atoms with Crippen LogP contribution in [0.3, 0.4) is 0 Å². The highest BCUT2D eigenvalue weighted by Crippen LogP contribution is 2.06. The van der Waals surface area contributed by atoms with Crippen molar-refractivity contribution in [3.8, 4) is 0 Å². The predicted molar refractivity (Wildman–Crippen MR) is 55.3 cm³/mol. The second kappa shape index (κ2) is 5.47. The molecule has 1 rings (SSSR count). The molecule has 0 amide bonds. The lowest BCUT2D eigenvalue weighted by molar-refractivity contribution is -0.136. The summed E-state index contributed by atoms with van der Waals surface area (Å²) in [6, 6.07) is 3.78. The first-order valence-corrected chi connectivity index (χ1v) is 5.10. The van der Waals surface area contributed by atoms with E-state index in [9.17, 15) is 4.79 Å². The number of carboxylic acids is 1. The van der Waals surface area contributed by atoms with E-state index in [1.54, 1.807) is 0 Å². The van der Waals surface area contributed by atoms with Crippen LogP contribution in [-0.2, 0) is 17.8 Å². The quantitative estimate of drug-likeness (QED) is 0.708. The average Bonchev–Trinajstić information content (AvgIpc) is 2.52. The standard InChI is InChI=1S/C11H17NO2/c1-2-3-4-7-12-8-5-6-10(12)9-11(13)14/h5-6,8H,2-4,7,9H2,1H3,(H,13,14). The zero-order valence-corrected chi connectivity index (χ0v) is 8.57. The van der Waals surface area contributed by atoms with E-state index in [-0.39, 0.29) is 6.42 Å². The molecule has 1 heterocycles. The zero-order valence-electron chi connectivity index (χ0n) is 8.57. The van der Waals surface area contributed by atoms with Gasteiger partial charge in [-0.25, -0.2) is 0 Å². The number of unbranched alkanes of at least 4 members (excludes halogenated alkanes) is 2. The number of carbonyl (C=O) groups is 1. The van der Waals surface area contributed by atoms with E-state index in [1.165, 1.54) is 12.8 Å². The molecule has 0 saturated carbocycles. The molecule has 14 heavy (non-hydrogen) atoms. The zero-order chi connectivity index (χ0) is 10.4. The van der Waals surface area contributed by atoms with Crippen molar-refractivity contribution in [1.82, 2.24) is 4.57 Å². The number of nitrogens with zero attached hydrogens (tertiary/aromatic N) is 1. The summed E-state index contributed by atoms with van der Waals surface area (Å²) in [6.45, 7) is 3.09. The minimum atomic E-state index is -0.763. The van der Waals surface area contributed by atoms with E-state index < -0.39 is 5.97 Å². The molecule has 1 N–H and O–H groups in total. The van der Waals surface area contributed by atoms with Crippen molar-refractivity contribution in [2.24, 2.45) is 0 Å². The Morgan fingerprint density at radius 1 is 1.50 bits per heavy atom. The third kappa shape index (κ3) is 3.24. The first kappa shape index (κ1) is 10.8. The molecule has 0 radical (unpaired) electrons. The van der Waals surface area contributed by atoms with Crippen LogP contribution in [0.1, 0.15) is 31.9 Å². The monoisotopic (exact) mass is 195 g/mol. The lowest BCUT2D eigenvalue weighted by Gasteiger charge is -2.06. The lowest BCUT2D eigenvalue weighted by Crippen LogP contribution is -2.07. The minimum Gasteiger partial charge on any atom is -0.481 e. The van der Waals surface area contributed by atoms with Crippen molar-refractivity contribution in [1.29, 1.82) is 0 Å². The molecule has 1 aromatic rings. The molecule has 0 aliphatic carbocycles. The smallest absolute Gasteiger partial charge is 0.309 e. The Bertz CT molecular complexity index is 291. The normalized spacial score (nSPS) is 10.4. The number of aromatic nitrogens is 1. The van der Waals surface area contributed by atoms with Crippen molar-refractivity contribution in [3.05, 3.63) is 24.0 Å². The van der Waals surface area contributed by atoms with E-state index in [4.69, 9.17) is 5.11 Å². The fourth-order valence-electron chi connectivity index (χ4n) is 1.52. The van der Waals surface area contributed by atoms with Crippen LogP contribution in [-0.4, -0.2) is 15.6 Å². The summed E-state index contributed by atoms with van der Waals surface area (Å²) in [7, 11) is 0. The Kier molecular flexibility index (Phi) is 4.23. The summed E-state index contributed by atoms with van der Waals surface area (Å²) >= 11 is 0. The van der Waals surface area contributed by atoms with Gasteiger partial charge in [0.15, 0.2) is 0 Å². The molecule has 0 spiro atoms. The van der Waals surface area contributed by atoms with E-state index in [2.05, 4.69) is 6.92 Å². The van der Waals surface area contributed by atoms with Gasteiger partial charge in [-0.2, -0.15) is 0 Å². The molecule has 0 bridgehead atoms. The SMILES string of the molecule is CCCCCn1cccc1CC(=O)O. The Balaban J connectivity index is 2.49. The largest absolute Gasteiger partial charge is 0.481 e. The van der Waals surface area contributed by atoms with Gasteiger partial charge in [-0.1, -0.05) is 19.8 Å². The van der Waals surface area contributed by atoms with Crippen LogP contribution in [0.25, 0.3) is 0 Å². The summed E-state index contributed by atoms with van der Waals surface area (Å²) in [4.78, 5) is 10.5. The molecule has 0 aliphatic rings. The van der Waals surface area contributed by atoms with Gasteiger partial charge in [-0.3, -0.25) is 4.79 Å². The van der Waals surface area contributed by atoms with Gasteiger partial charge in [0.25, 0.3) is 0 Å². The number of carboxylic acid groups (broad SMARTS) is 1. The van der Waals surface area contributed by atoms with Crippen LogP contribution >= 0.6 is 0 Å². The number of aliphatic carboxylic acids is 1. The second-order valence-corrected chi connectivity index (χ2v) is 3.47. The summed E-state index contributed by atoms with van der Waals surface area (Å²) in [5, 5.41) is 8.67. The third-order valence-electron chi connectivity index (χ3n) is 2.26. The second-order valence-electron chi connectivity index (χ2n) is 3.47. The Labute approximate surface area is 84.4 Å². The summed E-state index contributed by atoms with van der Waals surface area (Å²) in [5.74, 6) is -0.763. The van der Waals surface area contributed by atoms with Crippen LogP contribution in [0.5, 0.6) is 0 Å². The van der Waals surface area contributed by atoms with E-state index in [1.807, 2.05) is 22.9 Å². The number of hydrogen-bond donors (Lipinski definition) is 1. The molecule has 3 heteroatoms.